The van der Waals surface area contributed by atoms with Crippen LogP contribution in [0.2, 0.25) is 0 Å². The summed E-state index contributed by atoms with van der Waals surface area (Å²) in [6, 6.07) is 9.05. The smallest absolute Gasteiger partial charge is 0.146 e. The molecule has 0 fully saturated rings. The van der Waals surface area contributed by atoms with Crippen LogP contribution in [0.1, 0.15) is 5.56 Å². The van der Waals surface area contributed by atoms with Gasteiger partial charge in [-0.15, -0.1) is 0 Å². The van der Waals surface area contributed by atoms with E-state index in [9.17, 15) is 8.78 Å². The van der Waals surface area contributed by atoms with Crippen molar-refractivity contribution >= 4 is 37.5 Å². The van der Waals surface area contributed by atoms with Crippen molar-refractivity contribution < 1.29 is 8.78 Å². The number of hydrogen-bond acceptors (Lipinski definition) is 1. The summed E-state index contributed by atoms with van der Waals surface area (Å²) in [5, 5.41) is 2.87. The molecule has 18 heavy (non-hydrogen) atoms. The molecule has 0 aromatic heterocycles. The Balaban J connectivity index is 2.11. The van der Waals surface area contributed by atoms with Gasteiger partial charge in [0.1, 0.15) is 11.6 Å². The molecule has 0 spiro atoms. The maximum Gasteiger partial charge on any atom is 0.146 e. The van der Waals surface area contributed by atoms with Crippen LogP contribution < -0.4 is 5.32 Å². The topological polar surface area (TPSA) is 12.0 Å². The fourth-order valence-corrected chi connectivity index (χ4v) is 2.15. The molecule has 5 heteroatoms. The summed E-state index contributed by atoms with van der Waals surface area (Å²) in [5.74, 6) is -0.927. The molecule has 1 N–H and O–H groups in total. The fraction of sp³-hybridized carbons (Fsp3) is 0.0769. The molecule has 0 aliphatic rings. The molecule has 0 aliphatic carbocycles. The van der Waals surface area contributed by atoms with Crippen LogP contribution in [0.25, 0.3) is 0 Å². The van der Waals surface area contributed by atoms with E-state index in [1.165, 1.54) is 0 Å². The molecule has 0 bridgehead atoms. The zero-order chi connectivity index (χ0) is 13.1. The summed E-state index contributed by atoms with van der Waals surface area (Å²) >= 11 is 6.76. The van der Waals surface area contributed by atoms with E-state index in [1.807, 2.05) is 18.2 Å². The van der Waals surface area contributed by atoms with E-state index >= 15 is 0 Å². The van der Waals surface area contributed by atoms with Gasteiger partial charge >= 0.3 is 0 Å². The van der Waals surface area contributed by atoms with Crippen LogP contribution in [-0.4, -0.2) is 0 Å². The lowest BCUT2D eigenvalue weighted by atomic mass is 10.2. The zero-order valence-electron chi connectivity index (χ0n) is 9.18. The van der Waals surface area contributed by atoms with Crippen molar-refractivity contribution in [3.63, 3.8) is 0 Å². The third-order valence-corrected chi connectivity index (χ3v) is 4.28. The Kier molecular flexibility index (Phi) is 4.35. The minimum Gasteiger partial charge on any atom is -0.379 e. The molecule has 0 saturated heterocycles. The Morgan fingerprint density at radius 1 is 0.944 bits per heavy atom. The Morgan fingerprint density at radius 2 is 1.72 bits per heavy atom. The molecule has 0 radical (unpaired) electrons. The minimum absolute atomic E-state index is 0.161. The van der Waals surface area contributed by atoms with E-state index in [0.29, 0.717) is 6.54 Å². The van der Waals surface area contributed by atoms with Gasteiger partial charge in [-0.1, -0.05) is 6.07 Å². The average Bonchev–Trinajstić information content (AvgIpc) is 2.34. The largest absolute Gasteiger partial charge is 0.379 e. The van der Waals surface area contributed by atoms with Crippen molar-refractivity contribution in [2.45, 2.75) is 6.54 Å². The maximum atomic E-state index is 13.4. The van der Waals surface area contributed by atoms with Gasteiger partial charge in [0.05, 0.1) is 5.69 Å². The maximum absolute atomic E-state index is 13.4. The van der Waals surface area contributed by atoms with Gasteiger partial charge < -0.3 is 5.32 Å². The van der Waals surface area contributed by atoms with Gasteiger partial charge in [-0.05, 0) is 67.8 Å². The molecule has 0 amide bonds. The molecule has 2 rings (SSSR count). The zero-order valence-corrected chi connectivity index (χ0v) is 12.4. The van der Waals surface area contributed by atoms with Crippen LogP contribution >= 0.6 is 31.9 Å². The second-order valence-corrected chi connectivity index (χ2v) is 5.43. The molecular weight excluding hydrogens is 368 g/mol. The van der Waals surface area contributed by atoms with E-state index in [4.69, 9.17) is 0 Å². The summed E-state index contributed by atoms with van der Waals surface area (Å²) in [6.45, 7) is 0.423. The molecule has 0 saturated carbocycles. The van der Waals surface area contributed by atoms with Crippen LogP contribution in [-0.2, 0) is 6.54 Å². The summed E-state index contributed by atoms with van der Waals surface area (Å²) in [4.78, 5) is 0. The molecule has 0 aliphatic heterocycles. The van der Waals surface area contributed by atoms with Crippen molar-refractivity contribution in [2.24, 2.45) is 0 Å². The quantitative estimate of drug-likeness (QED) is 0.785. The third kappa shape index (κ3) is 3.29. The van der Waals surface area contributed by atoms with E-state index in [0.717, 1.165) is 32.7 Å². The summed E-state index contributed by atoms with van der Waals surface area (Å²) in [5.41, 5.74) is 1.13. The summed E-state index contributed by atoms with van der Waals surface area (Å²) < 4.78 is 28.2. The molecule has 0 heterocycles. The highest BCUT2D eigenvalue weighted by Crippen LogP contribution is 2.24. The summed E-state index contributed by atoms with van der Waals surface area (Å²) in [7, 11) is 0. The molecule has 0 unspecified atom stereocenters. The molecule has 1 nitrogen and oxygen atoms in total. The second kappa shape index (κ2) is 5.80. The first-order chi connectivity index (χ1) is 8.56. The number of benzene rings is 2. The first-order valence-electron chi connectivity index (χ1n) is 5.19. The van der Waals surface area contributed by atoms with E-state index < -0.39 is 11.6 Å². The molecule has 94 valence electrons. The first kappa shape index (κ1) is 13.5. The molecular formula is C13H9Br2F2N. The van der Waals surface area contributed by atoms with Crippen molar-refractivity contribution in [3.05, 3.63) is 62.5 Å². The number of halogens is 4. The Labute approximate surface area is 120 Å². The lowest BCUT2D eigenvalue weighted by Gasteiger charge is -2.08. The van der Waals surface area contributed by atoms with E-state index in [2.05, 4.69) is 37.2 Å². The lowest BCUT2D eigenvalue weighted by molar-refractivity contribution is 0.602. The SMILES string of the molecule is Fc1ccc(F)c(NCc2ccc(Br)c(Br)c2)c1. The van der Waals surface area contributed by atoms with Crippen molar-refractivity contribution in [1.29, 1.82) is 0 Å². The first-order valence-corrected chi connectivity index (χ1v) is 6.78. The van der Waals surface area contributed by atoms with Crippen LogP contribution in [0.3, 0.4) is 0 Å². The van der Waals surface area contributed by atoms with E-state index in [-0.39, 0.29) is 5.69 Å². The highest BCUT2D eigenvalue weighted by Gasteiger charge is 2.04. The van der Waals surface area contributed by atoms with Gasteiger partial charge in [0.25, 0.3) is 0 Å². The molecule has 2 aromatic carbocycles. The normalized spacial score (nSPS) is 10.4. The fourth-order valence-electron chi connectivity index (χ4n) is 1.48. The van der Waals surface area contributed by atoms with Gasteiger partial charge in [-0.25, -0.2) is 8.78 Å². The Morgan fingerprint density at radius 3 is 2.44 bits per heavy atom. The van der Waals surface area contributed by atoms with Crippen LogP contribution in [0, 0.1) is 11.6 Å². The van der Waals surface area contributed by atoms with Gasteiger partial charge in [0.2, 0.25) is 0 Å². The average molecular weight is 377 g/mol. The highest BCUT2D eigenvalue weighted by molar-refractivity contribution is 9.13. The predicted molar refractivity (Wildman–Crippen MR) is 75.5 cm³/mol. The standard InChI is InChI=1S/C13H9Br2F2N/c14-10-3-1-8(5-11(10)15)7-18-13-6-9(16)2-4-12(13)17/h1-6,18H,7H2. The van der Waals surface area contributed by atoms with Crippen molar-refractivity contribution in [3.8, 4) is 0 Å². The van der Waals surface area contributed by atoms with Gasteiger partial charge in [-0.2, -0.15) is 0 Å². The molecule has 0 atom stereocenters. The number of nitrogens with one attached hydrogen (secondary N) is 1. The van der Waals surface area contributed by atoms with Gasteiger partial charge in [-0.3, -0.25) is 0 Å². The third-order valence-electron chi connectivity index (χ3n) is 2.40. The predicted octanol–water partition coefficient (Wildman–Crippen LogP) is 5.10. The summed E-state index contributed by atoms with van der Waals surface area (Å²) in [6.07, 6.45) is 0. The number of rotatable bonds is 3. The highest BCUT2D eigenvalue weighted by atomic mass is 79.9. The second-order valence-electron chi connectivity index (χ2n) is 3.73. The van der Waals surface area contributed by atoms with E-state index in [1.54, 1.807) is 0 Å². The van der Waals surface area contributed by atoms with Crippen molar-refractivity contribution in [2.75, 3.05) is 5.32 Å². The monoisotopic (exact) mass is 375 g/mol. The van der Waals surface area contributed by atoms with Crippen LogP contribution in [0.15, 0.2) is 45.3 Å². The Bertz CT molecular complexity index is 573. The van der Waals surface area contributed by atoms with Crippen LogP contribution in [0.4, 0.5) is 14.5 Å². The minimum atomic E-state index is -0.465. The van der Waals surface area contributed by atoms with Gasteiger partial charge in [0.15, 0.2) is 0 Å². The van der Waals surface area contributed by atoms with Crippen LogP contribution in [0.5, 0.6) is 0 Å². The van der Waals surface area contributed by atoms with Crippen molar-refractivity contribution in [1.82, 2.24) is 0 Å². The molecule has 2 aromatic rings. The lowest BCUT2D eigenvalue weighted by Crippen LogP contribution is -2.02. The number of anilines is 1. The Hall–Kier alpha value is -0.940. The number of hydrogen-bond donors (Lipinski definition) is 1. The van der Waals surface area contributed by atoms with Gasteiger partial charge in [0, 0.05) is 15.5 Å².